The summed E-state index contributed by atoms with van der Waals surface area (Å²) in [5, 5.41) is 8.33. The third-order valence-corrected chi connectivity index (χ3v) is 2.56. The highest BCUT2D eigenvalue weighted by molar-refractivity contribution is 6.00. The summed E-state index contributed by atoms with van der Waals surface area (Å²) in [6.45, 7) is 2.92. The average Bonchev–Trinajstić information content (AvgIpc) is 2.38. The first-order valence-corrected chi connectivity index (χ1v) is 6.20. The molecule has 0 unspecified atom stereocenters. The molecule has 1 aromatic rings. The van der Waals surface area contributed by atoms with Gasteiger partial charge in [-0.05, 0) is 25.1 Å². The molecule has 0 atom stereocenters. The zero-order valence-corrected chi connectivity index (χ0v) is 11.2. The van der Waals surface area contributed by atoms with Crippen LogP contribution in [0.3, 0.4) is 0 Å². The van der Waals surface area contributed by atoms with Crippen LogP contribution in [0.25, 0.3) is 0 Å². The van der Waals surface area contributed by atoms with Crippen LogP contribution in [-0.4, -0.2) is 32.0 Å². The zero-order valence-electron chi connectivity index (χ0n) is 11.2. The van der Waals surface area contributed by atoms with Gasteiger partial charge in [-0.3, -0.25) is 9.59 Å². The van der Waals surface area contributed by atoms with E-state index in [1.165, 1.54) is 0 Å². The predicted molar refractivity (Wildman–Crippen MR) is 76.0 cm³/mol. The summed E-state index contributed by atoms with van der Waals surface area (Å²) in [4.78, 5) is 23.0. The number of carbonyl (C=O) groups is 2. The van der Waals surface area contributed by atoms with Crippen molar-refractivity contribution in [2.75, 3.05) is 31.2 Å². The molecule has 0 saturated carbocycles. The lowest BCUT2D eigenvalue weighted by molar-refractivity contribution is -0.120. The maximum Gasteiger partial charge on any atom is 0.253 e. The van der Waals surface area contributed by atoms with Crippen LogP contribution >= 0.6 is 0 Å². The van der Waals surface area contributed by atoms with Crippen LogP contribution in [0.5, 0.6) is 0 Å². The molecule has 2 amide bonds. The summed E-state index contributed by atoms with van der Waals surface area (Å²) in [6.07, 6.45) is 0.343. The first-order chi connectivity index (χ1) is 9.08. The fourth-order valence-electron chi connectivity index (χ4n) is 1.64. The van der Waals surface area contributed by atoms with E-state index in [2.05, 4.69) is 16.0 Å². The second kappa shape index (κ2) is 7.25. The molecule has 0 aliphatic heterocycles. The molecule has 6 heteroatoms. The Morgan fingerprint density at radius 2 is 2.05 bits per heavy atom. The van der Waals surface area contributed by atoms with Crippen LogP contribution < -0.4 is 21.7 Å². The summed E-state index contributed by atoms with van der Waals surface area (Å²) in [5.74, 6) is -0.221. The second-order valence-electron chi connectivity index (χ2n) is 4.01. The summed E-state index contributed by atoms with van der Waals surface area (Å²) in [5.41, 5.74) is 7.40. The van der Waals surface area contributed by atoms with Crippen LogP contribution in [0, 0.1) is 0 Å². The van der Waals surface area contributed by atoms with E-state index in [-0.39, 0.29) is 11.8 Å². The Morgan fingerprint density at radius 3 is 2.68 bits per heavy atom. The van der Waals surface area contributed by atoms with Crippen LogP contribution in [0.15, 0.2) is 18.2 Å². The molecule has 0 aliphatic rings. The maximum absolute atomic E-state index is 11.7. The van der Waals surface area contributed by atoms with Crippen LogP contribution in [0.1, 0.15) is 23.7 Å². The van der Waals surface area contributed by atoms with Crippen molar-refractivity contribution in [2.45, 2.75) is 13.3 Å². The molecule has 0 radical (unpaired) electrons. The fourth-order valence-corrected chi connectivity index (χ4v) is 1.64. The first-order valence-electron chi connectivity index (χ1n) is 6.20. The largest absolute Gasteiger partial charge is 0.399 e. The average molecular weight is 264 g/mol. The molecule has 1 aromatic carbocycles. The molecule has 0 fully saturated rings. The minimum atomic E-state index is -0.194. The third-order valence-electron chi connectivity index (χ3n) is 2.56. The van der Waals surface area contributed by atoms with Crippen molar-refractivity contribution in [3.8, 4) is 0 Å². The molecule has 1 rings (SSSR count). The van der Waals surface area contributed by atoms with E-state index >= 15 is 0 Å². The number of hydrogen-bond acceptors (Lipinski definition) is 4. The van der Waals surface area contributed by atoms with Gasteiger partial charge in [0.1, 0.15) is 0 Å². The summed E-state index contributed by atoms with van der Waals surface area (Å²) in [7, 11) is 1.57. The van der Waals surface area contributed by atoms with Gasteiger partial charge in [-0.25, -0.2) is 0 Å². The second-order valence-corrected chi connectivity index (χ2v) is 4.01. The lowest BCUT2D eigenvalue weighted by atomic mass is 10.1. The first kappa shape index (κ1) is 14.8. The van der Waals surface area contributed by atoms with Gasteiger partial charge in [0.15, 0.2) is 0 Å². The van der Waals surface area contributed by atoms with E-state index in [1.54, 1.807) is 25.2 Å². The molecule has 104 valence electrons. The Balaban J connectivity index is 2.68. The third kappa shape index (κ3) is 4.50. The number of nitrogens with two attached hydrogens (primary N) is 1. The van der Waals surface area contributed by atoms with Gasteiger partial charge in [-0.1, -0.05) is 0 Å². The van der Waals surface area contributed by atoms with Gasteiger partial charge in [0.05, 0.1) is 5.56 Å². The number of amides is 2. The van der Waals surface area contributed by atoms with Crippen molar-refractivity contribution in [1.82, 2.24) is 10.6 Å². The molecule has 0 bridgehead atoms. The normalized spacial score (nSPS) is 9.79. The van der Waals surface area contributed by atoms with Gasteiger partial charge in [0.2, 0.25) is 5.91 Å². The van der Waals surface area contributed by atoms with Gasteiger partial charge in [-0.15, -0.1) is 0 Å². The number of carbonyl (C=O) groups excluding carboxylic acids is 2. The quantitative estimate of drug-likeness (QED) is 0.565. The topological polar surface area (TPSA) is 96.2 Å². The molecule has 0 aromatic heterocycles. The van der Waals surface area contributed by atoms with E-state index in [1.807, 2.05) is 6.92 Å². The summed E-state index contributed by atoms with van der Waals surface area (Å²) in [6, 6.07) is 5.00. The summed E-state index contributed by atoms with van der Waals surface area (Å²) >= 11 is 0. The molecule has 6 nitrogen and oxygen atoms in total. The van der Waals surface area contributed by atoms with E-state index in [0.717, 1.165) is 0 Å². The maximum atomic E-state index is 11.7. The van der Waals surface area contributed by atoms with Crippen molar-refractivity contribution in [1.29, 1.82) is 0 Å². The van der Waals surface area contributed by atoms with Crippen molar-refractivity contribution in [3.05, 3.63) is 23.8 Å². The zero-order chi connectivity index (χ0) is 14.3. The van der Waals surface area contributed by atoms with Gasteiger partial charge < -0.3 is 21.7 Å². The standard InChI is InChI=1S/C13H20N4O2/c1-3-16-12(18)6-7-17-11-8-9(14)4-5-10(11)13(19)15-2/h4-5,8,17H,3,6-7,14H2,1-2H3,(H,15,19)(H,16,18). The van der Waals surface area contributed by atoms with Crippen molar-refractivity contribution in [2.24, 2.45) is 0 Å². The van der Waals surface area contributed by atoms with Gasteiger partial charge in [0.25, 0.3) is 5.91 Å². The highest BCUT2D eigenvalue weighted by Gasteiger charge is 2.10. The van der Waals surface area contributed by atoms with E-state index in [0.29, 0.717) is 36.4 Å². The minimum Gasteiger partial charge on any atom is -0.399 e. The Morgan fingerprint density at radius 1 is 1.32 bits per heavy atom. The lowest BCUT2D eigenvalue weighted by Gasteiger charge is -2.12. The Bertz CT molecular complexity index is 460. The predicted octanol–water partition coefficient (Wildman–Crippen LogP) is 0.566. The van der Waals surface area contributed by atoms with Crippen LogP contribution in [0.2, 0.25) is 0 Å². The number of hydrogen-bond donors (Lipinski definition) is 4. The van der Waals surface area contributed by atoms with Gasteiger partial charge in [-0.2, -0.15) is 0 Å². The van der Waals surface area contributed by atoms with E-state index < -0.39 is 0 Å². The molecular formula is C13H20N4O2. The molecule has 19 heavy (non-hydrogen) atoms. The lowest BCUT2D eigenvalue weighted by Crippen LogP contribution is -2.25. The van der Waals surface area contributed by atoms with E-state index in [4.69, 9.17) is 5.73 Å². The Labute approximate surface area is 112 Å². The Kier molecular flexibility index (Phi) is 5.66. The molecular weight excluding hydrogens is 244 g/mol. The Hall–Kier alpha value is -2.24. The van der Waals surface area contributed by atoms with Crippen molar-refractivity contribution < 1.29 is 9.59 Å². The number of rotatable bonds is 6. The van der Waals surface area contributed by atoms with Gasteiger partial charge >= 0.3 is 0 Å². The highest BCUT2D eigenvalue weighted by atomic mass is 16.2. The molecule has 5 N–H and O–H groups in total. The number of nitrogen functional groups attached to an aromatic ring is 1. The minimum absolute atomic E-state index is 0.0274. The molecule has 0 heterocycles. The number of nitrogens with one attached hydrogen (secondary N) is 3. The van der Waals surface area contributed by atoms with E-state index in [9.17, 15) is 9.59 Å². The number of anilines is 2. The SMILES string of the molecule is CCNC(=O)CCNc1cc(N)ccc1C(=O)NC. The van der Waals surface area contributed by atoms with Gasteiger partial charge in [0, 0.05) is 37.9 Å². The van der Waals surface area contributed by atoms with Crippen molar-refractivity contribution in [3.63, 3.8) is 0 Å². The molecule has 0 spiro atoms. The van der Waals surface area contributed by atoms with Crippen LogP contribution in [-0.2, 0) is 4.79 Å². The van der Waals surface area contributed by atoms with Crippen LogP contribution in [0.4, 0.5) is 11.4 Å². The van der Waals surface area contributed by atoms with Crippen molar-refractivity contribution >= 4 is 23.2 Å². The molecule has 0 saturated heterocycles. The number of benzene rings is 1. The summed E-state index contributed by atoms with van der Waals surface area (Å²) < 4.78 is 0. The molecule has 0 aliphatic carbocycles. The fraction of sp³-hybridized carbons (Fsp3) is 0.385. The highest BCUT2D eigenvalue weighted by Crippen LogP contribution is 2.19. The smallest absolute Gasteiger partial charge is 0.253 e. The monoisotopic (exact) mass is 264 g/mol.